The first-order valence-electron chi connectivity index (χ1n) is 22.7. The van der Waals surface area contributed by atoms with Crippen molar-refractivity contribution in [2.75, 3.05) is 62.6 Å². The number of aliphatic hydroxyl groups excluding tert-OH is 1. The first kappa shape index (κ1) is 53.5. The van der Waals surface area contributed by atoms with E-state index in [-0.39, 0.29) is 82.2 Å². The number of nitriles is 1. The van der Waals surface area contributed by atoms with Gasteiger partial charge in [-0.05, 0) is 98.4 Å². The number of thiazole rings is 1. The Balaban J connectivity index is 0.867. The van der Waals surface area contributed by atoms with Crippen LogP contribution in [0.4, 0.5) is 24.5 Å². The van der Waals surface area contributed by atoms with Gasteiger partial charge in [0.2, 0.25) is 11.8 Å². The Labute approximate surface area is 414 Å². The van der Waals surface area contributed by atoms with Gasteiger partial charge in [0, 0.05) is 25.1 Å². The first-order chi connectivity index (χ1) is 33.1. The lowest BCUT2D eigenvalue weighted by Gasteiger charge is -2.35. The van der Waals surface area contributed by atoms with Crippen molar-refractivity contribution in [2.24, 2.45) is 5.41 Å². The maximum atomic E-state index is 14.0. The number of halogens is 3. The second-order valence-corrected chi connectivity index (χ2v) is 19.7. The minimum atomic E-state index is -4.81. The molecule has 374 valence electrons. The number of nitrogens with one attached hydrogen (secondary N) is 1. The zero-order chi connectivity index (χ0) is 51.0. The lowest BCUT2D eigenvalue weighted by molar-refractivity contribution is -0.144. The summed E-state index contributed by atoms with van der Waals surface area (Å²) in [7, 11) is 0. The van der Waals surface area contributed by atoms with Gasteiger partial charge in [-0.3, -0.25) is 24.1 Å². The lowest BCUT2D eigenvalue weighted by atomic mass is 9.85. The predicted octanol–water partition coefficient (Wildman–Crippen LogP) is 7.05. The van der Waals surface area contributed by atoms with Gasteiger partial charge in [0.1, 0.15) is 30.5 Å². The second kappa shape index (κ2) is 22.9. The number of aliphatic hydroxyl groups is 1. The van der Waals surface area contributed by atoms with Crippen molar-refractivity contribution in [1.82, 2.24) is 15.2 Å². The number of thiocarbonyl (C=S) groups is 1. The quantitative estimate of drug-likeness (QED) is 0.0641. The number of nitrogens with zero attached hydrogens (tertiary/aromatic N) is 5. The molecule has 2 aliphatic rings. The van der Waals surface area contributed by atoms with E-state index in [0.717, 1.165) is 38.7 Å². The highest BCUT2D eigenvalue weighted by atomic mass is 32.1. The van der Waals surface area contributed by atoms with Crippen LogP contribution in [0.2, 0.25) is 0 Å². The van der Waals surface area contributed by atoms with Gasteiger partial charge in [0.05, 0.1) is 84.1 Å². The summed E-state index contributed by atoms with van der Waals surface area (Å²) in [6, 6.07) is 17.5. The number of carbonyl (C=O) groups is 4. The zero-order valence-corrected chi connectivity index (χ0v) is 41.5. The number of β-amino-alcohol motifs (C(OH)–C–C–N with tert-alkyl or cyclic N) is 1. The largest absolute Gasteiger partial charge is 0.491 e. The zero-order valence-electron chi connectivity index (χ0n) is 39.8. The fourth-order valence-corrected chi connectivity index (χ4v) is 9.52. The topological polar surface area (TPSA) is 184 Å². The minimum Gasteiger partial charge on any atom is -0.491 e. The summed E-state index contributed by atoms with van der Waals surface area (Å²) in [6.45, 7) is 11.5. The molecule has 3 aromatic carbocycles. The van der Waals surface area contributed by atoms with Gasteiger partial charge in [-0.15, -0.1) is 11.3 Å². The number of aromatic nitrogens is 1. The number of alkyl halides is 3. The number of amides is 3. The molecule has 70 heavy (non-hydrogen) atoms. The highest BCUT2D eigenvalue weighted by molar-refractivity contribution is 7.81. The number of Topliss-reactive ketones (excluding diaryl/α,β-unsaturated/α-hetero) is 1. The molecular weight excluding hydrogens is 950 g/mol. The Bertz CT molecular complexity index is 2560. The Morgan fingerprint density at radius 3 is 2.19 bits per heavy atom. The van der Waals surface area contributed by atoms with Crippen LogP contribution < -0.4 is 19.9 Å². The van der Waals surface area contributed by atoms with Crippen LogP contribution in [0.3, 0.4) is 0 Å². The third kappa shape index (κ3) is 12.9. The van der Waals surface area contributed by atoms with E-state index in [1.165, 1.54) is 17.0 Å². The Morgan fingerprint density at radius 2 is 1.59 bits per heavy atom. The maximum absolute atomic E-state index is 14.0. The van der Waals surface area contributed by atoms with Crippen molar-refractivity contribution in [3.8, 4) is 22.3 Å². The molecule has 3 heterocycles. The number of carbonyl (C=O) groups excluding carboxylic acids is 4. The van der Waals surface area contributed by atoms with E-state index < -0.39 is 64.2 Å². The molecule has 3 amide bonds. The van der Waals surface area contributed by atoms with Gasteiger partial charge in [-0.2, -0.15) is 18.4 Å². The van der Waals surface area contributed by atoms with Crippen LogP contribution >= 0.6 is 23.6 Å². The summed E-state index contributed by atoms with van der Waals surface area (Å²) in [5.74, 6) is -1.14. The number of benzene rings is 3. The fourth-order valence-electron chi connectivity index (χ4n) is 8.19. The molecule has 0 radical (unpaired) electrons. The van der Waals surface area contributed by atoms with Crippen molar-refractivity contribution in [3.63, 3.8) is 0 Å². The van der Waals surface area contributed by atoms with Crippen LogP contribution in [0.25, 0.3) is 10.4 Å². The van der Waals surface area contributed by atoms with Crippen LogP contribution in [0, 0.1) is 23.7 Å². The van der Waals surface area contributed by atoms with E-state index in [1.807, 2.05) is 57.5 Å². The van der Waals surface area contributed by atoms with Gasteiger partial charge in [0.15, 0.2) is 10.9 Å². The molecule has 0 saturated carbocycles. The molecule has 0 aliphatic carbocycles. The number of ether oxygens (including phenoxy) is 4. The number of anilines is 2. The molecule has 2 fully saturated rings. The number of ketones is 1. The highest BCUT2D eigenvalue weighted by Crippen LogP contribution is 2.40. The predicted molar refractivity (Wildman–Crippen MR) is 260 cm³/mol. The van der Waals surface area contributed by atoms with Crippen molar-refractivity contribution in [1.29, 1.82) is 5.26 Å². The van der Waals surface area contributed by atoms with Crippen LogP contribution in [0.15, 0.2) is 72.2 Å². The standard InChI is InChI=1S/C50H57F3N6O9S2/c1-31-43(70-30-55-31)33-10-7-32(8-11-33)9-18-41(61)40-26-37(60)28-57(40)45(63)44(48(2,3)4)56-42(62)29-67-22-21-65-19-20-66-23-24-68-38-16-14-35(15-17-38)59-47(69)58(46(64)49(59,5)6)36-13-12-34(27-54)39(25-36)50(51,52)53/h7-8,10-17,25,30,37,40,44,60H,9,18-24,26,28-29H2,1-6H3,(H,56,62)/t37-,40-,44+/m0/s1. The van der Waals surface area contributed by atoms with Crippen LogP contribution in [0.1, 0.15) is 69.8 Å². The molecule has 1 aromatic heterocycles. The van der Waals surface area contributed by atoms with E-state index in [0.29, 0.717) is 17.9 Å². The van der Waals surface area contributed by atoms with Crippen molar-refractivity contribution >= 4 is 63.5 Å². The fraction of sp³-hybridized carbons (Fsp3) is 0.460. The number of rotatable bonds is 21. The molecule has 6 rings (SSSR count). The molecule has 0 unspecified atom stereocenters. The Morgan fingerprint density at radius 1 is 0.957 bits per heavy atom. The van der Waals surface area contributed by atoms with Gasteiger partial charge >= 0.3 is 6.18 Å². The van der Waals surface area contributed by atoms with Crippen LogP contribution in [-0.4, -0.2) is 120 Å². The molecule has 20 heteroatoms. The second-order valence-electron chi connectivity index (χ2n) is 18.5. The molecular formula is C50H57F3N6O9S2. The summed E-state index contributed by atoms with van der Waals surface area (Å²) in [6.07, 6.45) is -4.87. The van der Waals surface area contributed by atoms with Crippen LogP contribution in [0.5, 0.6) is 5.75 Å². The SMILES string of the molecule is Cc1ncsc1-c1ccc(CCC(=O)[C@@H]2C[C@H](O)CN2C(=O)[C@@H](NC(=O)COCCOCCOCCOc2ccc(N3C(=S)N(c4ccc(C#N)c(C(F)(F)F)c4)C(=O)C3(C)C)cc2)C(C)(C)C)cc1. The number of likely N-dealkylation sites (tertiary alicyclic amines) is 1. The average molecular weight is 1010 g/mol. The van der Waals surface area contributed by atoms with Gasteiger partial charge < -0.3 is 39.2 Å². The van der Waals surface area contributed by atoms with E-state index in [2.05, 4.69) is 10.3 Å². The Hall–Kier alpha value is -5.82. The first-order valence-corrected chi connectivity index (χ1v) is 24.0. The molecule has 2 aliphatic heterocycles. The van der Waals surface area contributed by atoms with Gasteiger partial charge in [0.25, 0.3) is 5.91 Å². The normalized spacial score (nSPS) is 17.5. The third-order valence-corrected chi connectivity index (χ3v) is 13.2. The molecule has 4 aromatic rings. The monoisotopic (exact) mass is 1010 g/mol. The summed E-state index contributed by atoms with van der Waals surface area (Å²) >= 11 is 7.18. The molecule has 2 saturated heterocycles. The molecule has 0 bridgehead atoms. The van der Waals surface area contributed by atoms with E-state index >= 15 is 0 Å². The Kier molecular flexibility index (Phi) is 17.5. The molecule has 2 N–H and O–H groups in total. The molecule has 3 atom stereocenters. The number of hydrogen-bond donors (Lipinski definition) is 2. The maximum Gasteiger partial charge on any atom is 0.417 e. The van der Waals surface area contributed by atoms with Crippen molar-refractivity contribution < 1.29 is 56.4 Å². The van der Waals surface area contributed by atoms with Crippen molar-refractivity contribution in [2.45, 2.75) is 90.7 Å². The van der Waals surface area contributed by atoms with E-state index in [4.69, 9.17) is 31.2 Å². The minimum absolute atomic E-state index is 0.00763. The van der Waals surface area contributed by atoms with Gasteiger partial charge in [-0.25, -0.2) is 4.98 Å². The molecule has 0 spiro atoms. The smallest absolute Gasteiger partial charge is 0.417 e. The van der Waals surface area contributed by atoms with Crippen molar-refractivity contribution in [3.05, 3.63) is 94.6 Å². The third-order valence-electron chi connectivity index (χ3n) is 11.9. The summed E-state index contributed by atoms with van der Waals surface area (Å²) in [4.78, 5) is 63.4. The highest BCUT2D eigenvalue weighted by Gasteiger charge is 2.51. The van der Waals surface area contributed by atoms with Gasteiger partial charge in [-0.1, -0.05) is 45.0 Å². The number of aryl methyl sites for hydroxylation is 2. The van der Waals surface area contributed by atoms with Crippen LogP contribution in [-0.2, 0) is 46.0 Å². The average Bonchev–Trinajstić information content (AvgIpc) is 3.98. The summed E-state index contributed by atoms with van der Waals surface area (Å²) < 4.78 is 63.5. The summed E-state index contributed by atoms with van der Waals surface area (Å²) in [5, 5.41) is 22.5. The summed E-state index contributed by atoms with van der Waals surface area (Å²) in [5.41, 5.74) is 1.53. The molecule has 15 nitrogen and oxygen atoms in total. The van der Waals surface area contributed by atoms with E-state index in [9.17, 15) is 42.7 Å². The number of hydrogen-bond acceptors (Lipinski definition) is 13. The van der Waals surface area contributed by atoms with E-state index in [1.54, 1.807) is 54.3 Å². The lowest BCUT2D eigenvalue weighted by Crippen LogP contribution is -2.57.